The number of hydrogen-bond acceptors (Lipinski definition) is 4. The minimum atomic E-state index is 0.0162. The van der Waals surface area contributed by atoms with E-state index in [1.807, 2.05) is 30.3 Å². The lowest BCUT2D eigenvalue weighted by Gasteiger charge is -2.33. The van der Waals surface area contributed by atoms with Crippen LogP contribution in [0.4, 0.5) is 5.82 Å². The van der Waals surface area contributed by atoms with E-state index in [0.717, 1.165) is 36.5 Å². The molecule has 6 heteroatoms. The van der Waals surface area contributed by atoms with Gasteiger partial charge in [0.25, 0.3) is 0 Å². The molecule has 1 saturated heterocycles. The van der Waals surface area contributed by atoms with Gasteiger partial charge in [-0.05, 0) is 69.1 Å². The Kier molecular flexibility index (Phi) is 6.28. The molecule has 0 aliphatic carbocycles. The van der Waals surface area contributed by atoms with Crippen LogP contribution in [0, 0.1) is 0 Å². The first-order valence-corrected chi connectivity index (χ1v) is 9.39. The van der Waals surface area contributed by atoms with Crippen molar-refractivity contribution in [3.05, 3.63) is 30.3 Å². The van der Waals surface area contributed by atoms with E-state index in [9.17, 15) is 4.79 Å². The SMILES string of the molecule is COc1ccc(-c2cc(NC(=O)CCCN3CCCC[C@@H]3C)n[nH]2)cc1. The minimum Gasteiger partial charge on any atom is -0.497 e. The standard InChI is InChI=1S/C20H28N4O2/c1-15-6-3-4-12-24(15)13-5-7-20(25)21-19-14-18(22-23-19)16-8-10-17(26-2)11-9-16/h8-11,14-15H,3-7,12-13H2,1-2H3,(H2,21,22,23,25)/t15-/m0/s1. The second-order valence-electron chi connectivity index (χ2n) is 6.93. The average Bonchev–Trinajstić information content (AvgIpc) is 3.12. The first-order valence-electron chi connectivity index (χ1n) is 9.39. The summed E-state index contributed by atoms with van der Waals surface area (Å²) >= 11 is 0. The topological polar surface area (TPSA) is 70.2 Å². The number of likely N-dealkylation sites (tertiary alicyclic amines) is 1. The van der Waals surface area contributed by atoms with Crippen molar-refractivity contribution in [2.75, 3.05) is 25.5 Å². The number of carbonyl (C=O) groups excluding carboxylic acids is 1. The number of H-pyrrole nitrogens is 1. The van der Waals surface area contributed by atoms with Crippen molar-refractivity contribution in [1.29, 1.82) is 0 Å². The number of rotatable bonds is 7. The van der Waals surface area contributed by atoms with Crippen molar-refractivity contribution < 1.29 is 9.53 Å². The van der Waals surface area contributed by atoms with Crippen LogP contribution in [0.5, 0.6) is 5.75 Å². The van der Waals surface area contributed by atoms with Crippen LogP contribution in [0.2, 0.25) is 0 Å². The fourth-order valence-corrected chi connectivity index (χ4v) is 3.44. The van der Waals surface area contributed by atoms with E-state index in [1.54, 1.807) is 7.11 Å². The molecule has 140 valence electrons. The van der Waals surface area contributed by atoms with E-state index in [2.05, 4.69) is 27.3 Å². The first-order chi connectivity index (χ1) is 12.7. The van der Waals surface area contributed by atoms with Gasteiger partial charge in [-0.2, -0.15) is 5.10 Å². The molecule has 2 heterocycles. The summed E-state index contributed by atoms with van der Waals surface area (Å²) in [6, 6.07) is 10.2. The third-order valence-electron chi connectivity index (χ3n) is 5.04. The Bertz CT molecular complexity index is 711. The predicted octanol–water partition coefficient (Wildman–Crippen LogP) is 3.68. The highest BCUT2D eigenvalue weighted by atomic mass is 16.5. The van der Waals surface area contributed by atoms with Crippen molar-refractivity contribution in [1.82, 2.24) is 15.1 Å². The van der Waals surface area contributed by atoms with Gasteiger partial charge in [-0.1, -0.05) is 6.42 Å². The second-order valence-corrected chi connectivity index (χ2v) is 6.93. The van der Waals surface area contributed by atoms with Crippen molar-refractivity contribution >= 4 is 11.7 Å². The number of anilines is 1. The van der Waals surface area contributed by atoms with Crippen LogP contribution < -0.4 is 10.1 Å². The number of methoxy groups -OCH3 is 1. The van der Waals surface area contributed by atoms with Crippen molar-refractivity contribution in [2.24, 2.45) is 0 Å². The molecule has 1 aromatic carbocycles. The van der Waals surface area contributed by atoms with E-state index in [0.29, 0.717) is 18.3 Å². The average molecular weight is 356 g/mol. The van der Waals surface area contributed by atoms with Gasteiger partial charge in [-0.3, -0.25) is 9.89 Å². The number of ether oxygens (including phenoxy) is 1. The maximum Gasteiger partial charge on any atom is 0.225 e. The van der Waals surface area contributed by atoms with E-state index < -0.39 is 0 Å². The Morgan fingerprint density at radius 1 is 1.35 bits per heavy atom. The number of carbonyl (C=O) groups is 1. The first kappa shape index (κ1) is 18.5. The molecule has 0 bridgehead atoms. The van der Waals surface area contributed by atoms with Crippen LogP contribution in [0.25, 0.3) is 11.3 Å². The summed E-state index contributed by atoms with van der Waals surface area (Å²) in [5, 5.41) is 10.0. The predicted molar refractivity (Wildman–Crippen MR) is 103 cm³/mol. The number of nitrogens with one attached hydrogen (secondary N) is 2. The Hall–Kier alpha value is -2.34. The zero-order valence-electron chi connectivity index (χ0n) is 15.6. The summed E-state index contributed by atoms with van der Waals surface area (Å²) in [4.78, 5) is 14.7. The van der Waals surface area contributed by atoms with E-state index in [1.165, 1.54) is 19.3 Å². The van der Waals surface area contributed by atoms with Crippen LogP contribution in [0.1, 0.15) is 39.0 Å². The van der Waals surface area contributed by atoms with Gasteiger partial charge in [-0.15, -0.1) is 0 Å². The van der Waals surface area contributed by atoms with Crippen LogP contribution in [-0.2, 0) is 4.79 Å². The van der Waals surface area contributed by atoms with Crippen LogP contribution >= 0.6 is 0 Å². The fourth-order valence-electron chi connectivity index (χ4n) is 3.44. The molecule has 0 unspecified atom stereocenters. The molecule has 0 spiro atoms. The lowest BCUT2D eigenvalue weighted by Crippen LogP contribution is -2.38. The number of aromatic nitrogens is 2. The Morgan fingerprint density at radius 2 is 2.15 bits per heavy atom. The molecule has 3 rings (SSSR count). The summed E-state index contributed by atoms with van der Waals surface area (Å²) in [7, 11) is 1.64. The highest BCUT2D eigenvalue weighted by Gasteiger charge is 2.17. The zero-order valence-corrected chi connectivity index (χ0v) is 15.6. The number of aromatic amines is 1. The fraction of sp³-hybridized carbons (Fsp3) is 0.500. The van der Waals surface area contributed by atoms with E-state index >= 15 is 0 Å². The van der Waals surface area contributed by atoms with Gasteiger partial charge in [0.05, 0.1) is 12.8 Å². The molecule has 6 nitrogen and oxygen atoms in total. The molecule has 1 fully saturated rings. The summed E-state index contributed by atoms with van der Waals surface area (Å²) < 4.78 is 5.16. The molecule has 1 aliphatic rings. The van der Waals surface area contributed by atoms with Crippen LogP contribution in [0.3, 0.4) is 0 Å². The normalized spacial score (nSPS) is 17.8. The van der Waals surface area contributed by atoms with Gasteiger partial charge in [-0.25, -0.2) is 0 Å². The molecule has 26 heavy (non-hydrogen) atoms. The maximum absolute atomic E-state index is 12.2. The number of nitrogens with zero attached hydrogens (tertiary/aromatic N) is 2. The van der Waals surface area contributed by atoms with Crippen molar-refractivity contribution in [2.45, 2.75) is 45.1 Å². The quantitative estimate of drug-likeness (QED) is 0.794. The summed E-state index contributed by atoms with van der Waals surface area (Å²) in [5.41, 5.74) is 1.86. The van der Waals surface area contributed by atoms with Crippen molar-refractivity contribution in [3.63, 3.8) is 0 Å². The molecular weight excluding hydrogens is 328 g/mol. The largest absolute Gasteiger partial charge is 0.497 e. The van der Waals surface area contributed by atoms with Gasteiger partial charge in [0, 0.05) is 18.5 Å². The van der Waals surface area contributed by atoms with Gasteiger partial charge >= 0.3 is 0 Å². The molecule has 1 aromatic heterocycles. The third-order valence-corrected chi connectivity index (χ3v) is 5.04. The van der Waals surface area contributed by atoms with Gasteiger partial charge in [0.1, 0.15) is 5.75 Å². The molecule has 1 amide bonds. The summed E-state index contributed by atoms with van der Waals surface area (Å²) in [6.45, 7) is 4.43. The molecular formula is C20H28N4O2. The molecule has 1 aliphatic heterocycles. The van der Waals surface area contributed by atoms with E-state index in [-0.39, 0.29) is 5.91 Å². The second kappa shape index (κ2) is 8.85. The summed E-state index contributed by atoms with van der Waals surface area (Å²) in [5.74, 6) is 1.39. The number of piperidine rings is 1. The van der Waals surface area contributed by atoms with Gasteiger partial charge in [0.2, 0.25) is 5.91 Å². The number of benzene rings is 1. The zero-order chi connectivity index (χ0) is 18.4. The Labute approximate surface area is 154 Å². The molecule has 0 saturated carbocycles. The van der Waals surface area contributed by atoms with Crippen LogP contribution in [-0.4, -0.2) is 47.2 Å². The monoisotopic (exact) mass is 356 g/mol. The maximum atomic E-state index is 12.2. The minimum absolute atomic E-state index is 0.0162. The van der Waals surface area contributed by atoms with Gasteiger partial charge < -0.3 is 15.0 Å². The summed E-state index contributed by atoms with van der Waals surface area (Å²) in [6.07, 6.45) is 5.28. The Balaban J connectivity index is 1.46. The molecule has 2 N–H and O–H groups in total. The highest BCUT2D eigenvalue weighted by Crippen LogP contribution is 2.22. The lowest BCUT2D eigenvalue weighted by atomic mass is 10.0. The van der Waals surface area contributed by atoms with Gasteiger partial charge in [0.15, 0.2) is 5.82 Å². The molecule has 0 radical (unpaired) electrons. The lowest BCUT2D eigenvalue weighted by molar-refractivity contribution is -0.116. The number of hydrogen-bond donors (Lipinski definition) is 2. The molecule has 1 atom stereocenters. The molecule has 2 aromatic rings. The smallest absolute Gasteiger partial charge is 0.225 e. The Morgan fingerprint density at radius 3 is 2.88 bits per heavy atom. The van der Waals surface area contributed by atoms with E-state index in [4.69, 9.17) is 4.74 Å². The van der Waals surface area contributed by atoms with Crippen molar-refractivity contribution in [3.8, 4) is 17.0 Å². The third kappa shape index (κ3) is 4.85. The van der Waals surface area contributed by atoms with Crippen LogP contribution in [0.15, 0.2) is 30.3 Å². The number of amides is 1. The highest BCUT2D eigenvalue weighted by molar-refractivity contribution is 5.90.